The highest BCUT2D eigenvalue weighted by Crippen LogP contribution is 2.18. The van der Waals surface area contributed by atoms with Gasteiger partial charge in [0.2, 0.25) is 5.91 Å². The van der Waals surface area contributed by atoms with Crippen LogP contribution in [0.25, 0.3) is 0 Å². The standard InChI is InChI=1S/C30H36N2O3/c1-4-5-18-31-30(34)28(20-25-12-8-6-9-13-25)32(21-26-14-10-7-11-15-26)29(33)22-35-27-17-16-23(2)24(3)19-27/h6-17,19,28H,4-5,18,20-22H2,1-3H3,(H,31,34). The molecule has 5 nitrogen and oxygen atoms in total. The molecule has 3 rings (SSSR count). The average molecular weight is 473 g/mol. The summed E-state index contributed by atoms with van der Waals surface area (Å²) in [7, 11) is 0. The van der Waals surface area contributed by atoms with Gasteiger partial charge in [0, 0.05) is 19.5 Å². The highest BCUT2D eigenvalue weighted by atomic mass is 16.5. The molecule has 184 valence electrons. The van der Waals surface area contributed by atoms with E-state index >= 15 is 0 Å². The summed E-state index contributed by atoms with van der Waals surface area (Å²) in [4.78, 5) is 28.6. The zero-order valence-corrected chi connectivity index (χ0v) is 21.0. The van der Waals surface area contributed by atoms with Crippen LogP contribution in [0.15, 0.2) is 78.9 Å². The van der Waals surface area contributed by atoms with Gasteiger partial charge in [0.25, 0.3) is 5.91 Å². The van der Waals surface area contributed by atoms with Gasteiger partial charge in [-0.3, -0.25) is 9.59 Å². The van der Waals surface area contributed by atoms with Gasteiger partial charge < -0.3 is 15.0 Å². The summed E-state index contributed by atoms with van der Waals surface area (Å²) < 4.78 is 5.88. The molecule has 35 heavy (non-hydrogen) atoms. The number of carbonyl (C=O) groups excluding carboxylic acids is 2. The summed E-state index contributed by atoms with van der Waals surface area (Å²) in [5.74, 6) is 0.282. The molecule has 1 atom stereocenters. The van der Waals surface area contributed by atoms with Crippen LogP contribution in [0.1, 0.15) is 42.0 Å². The molecular weight excluding hydrogens is 436 g/mol. The number of carbonyl (C=O) groups is 2. The van der Waals surface area contributed by atoms with Crippen LogP contribution < -0.4 is 10.1 Å². The second-order valence-electron chi connectivity index (χ2n) is 8.89. The van der Waals surface area contributed by atoms with Gasteiger partial charge in [0.15, 0.2) is 6.61 Å². The molecule has 0 saturated heterocycles. The Morgan fingerprint density at radius 3 is 2.17 bits per heavy atom. The zero-order chi connectivity index (χ0) is 25.0. The fraction of sp³-hybridized carbons (Fsp3) is 0.333. The molecule has 0 aliphatic heterocycles. The summed E-state index contributed by atoms with van der Waals surface area (Å²) in [6.45, 7) is 6.92. The maximum absolute atomic E-state index is 13.6. The Labute approximate surface area is 209 Å². The van der Waals surface area contributed by atoms with E-state index in [1.165, 1.54) is 5.56 Å². The molecule has 1 N–H and O–H groups in total. The molecule has 0 bridgehead atoms. The van der Waals surface area contributed by atoms with E-state index in [1.54, 1.807) is 4.90 Å². The molecule has 0 spiro atoms. The number of rotatable bonds is 12. The van der Waals surface area contributed by atoms with Gasteiger partial charge in [-0.15, -0.1) is 0 Å². The maximum Gasteiger partial charge on any atom is 0.261 e. The van der Waals surface area contributed by atoms with E-state index in [0.717, 1.165) is 29.5 Å². The lowest BCUT2D eigenvalue weighted by Crippen LogP contribution is -2.51. The first-order valence-corrected chi connectivity index (χ1v) is 12.3. The molecule has 0 aliphatic carbocycles. The molecule has 0 radical (unpaired) electrons. The normalized spacial score (nSPS) is 11.5. The maximum atomic E-state index is 13.6. The number of hydrogen-bond donors (Lipinski definition) is 1. The largest absolute Gasteiger partial charge is 0.484 e. The Balaban J connectivity index is 1.86. The van der Waals surface area contributed by atoms with Gasteiger partial charge in [0.05, 0.1) is 0 Å². The van der Waals surface area contributed by atoms with Gasteiger partial charge >= 0.3 is 0 Å². The van der Waals surface area contributed by atoms with E-state index < -0.39 is 6.04 Å². The molecule has 3 aromatic carbocycles. The van der Waals surface area contributed by atoms with Crippen molar-refractivity contribution in [3.63, 3.8) is 0 Å². The molecule has 0 aliphatic rings. The van der Waals surface area contributed by atoms with Crippen molar-refractivity contribution >= 4 is 11.8 Å². The highest BCUT2D eigenvalue weighted by molar-refractivity contribution is 5.88. The third kappa shape index (κ3) is 7.99. The first-order chi connectivity index (χ1) is 17.0. The van der Waals surface area contributed by atoms with E-state index in [1.807, 2.05) is 92.7 Å². The Morgan fingerprint density at radius 2 is 1.54 bits per heavy atom. The van der Waals surface area contributed by atoms with Crippen molar-refractivity contribution in [1.29, 1.82) is 0 Å². The molecule has 1 unspecified atom stereocenters. The molecule has 0 heterocycles. The van der Waals surface area contributed by atoms with Crippen LogP contribution in [-0.2, 0) is 22.6 Å². The van der Waals surface area contributed by atoms with E-state index in [9.17, 15) is 9.59 Å². The van der Waals surface area contributed by atoms with Gasteiger partial charge in [-0.05, 0) is 54.7 Å². The summed E-state index contributed by atoms with van der Waals surface area (Å²) in [6, 6.07) is 24.7. The average Bonchev–Trinajstić information content (AvgIpc) is 2.88. The van der Waals surface area contributed by atoms with Gasteiger partial charge in [-0.25, -0.2) is 0 Å². The molecule has 5 heteroatoms. The SMILES string of the molecule is CCCCNC(=O)C(Cc1ccccc1)N(Cc1ccccc1)C(=O)COc1ccc(C)c(C)c1. The Hall–Kier alpha value is -3.60. The van der Waals surface area contributed by atoms with Crippen molar-refractivity contribution in [3.05, 3.63) is 101 Å². The van der Waals surface area contributed by atoms with E-state index in [4.69, 9.17) is 4.74 Å². The summed E-state index contributed by atoms with van der Waals surface area (Å²) in [5, 5.41) is 3.04. The van der Waals surface area contributed by atoms with Crippen molar-refractivity contribution < 1.29 is 14.3 Å². The first kappa shape index (κ1) is 26.0. The van der Waals surface area contributed by atoms with Crippen molar-refractivity contribution in [1.82, 2.24) is 10.2 Å². The molecule has 0 aromatic heterocycles. The topological polar surface area (TPSA) is 58.6 Å². The third-order valence-corrected chi connectivity index (χ3v) is 6.14. The molecule has 2 amide bonds. The number of hydrogen-bond acceptors (Lipinski definition) is 3. The second kappa shape index (κ2) is 13.3. The van der Waals surface area contributed by atoms with E-state index in [0.29, 0.717) is 25.3 Å². The Kier molecular flexibility index (Phi) is 9.91. The number of ether oxygens (including phenoxy) is 1. The fourth-order valence-corrected chi connectivity index (χ4v) is 3.87. The van der Waals surface area contributed by atoms with Crippen molar-refractivity contribution in [2.24, 2.45) is 0 Å². The summed E-state index contributed by atoms with van der Waals surface area (Å²) >= 11 is 0. The van der Waals surface area contributed by atoms with Crippen LogP contribution in [0.4, 0.5) is 0 Å². The molecule has 0 saturated carbocycles. The van der Waals surface area contributed by atoms with Gasteiger partial charge in [-0.2, -0.15) is 0 Å². The third-order valence-electron chi connectivity index (χ3n) is 6.14. The summed E-state index contributed by atoms with van der Waals surface area (Å²) in [6.07, 6.45) is 2.31. The van der Waals surface area contributed by atoms with Crippen LogP contribution >= 0.6 is 0 Å². The highest BCUT2D eigenvalue weighted by Gasteiger charge is 2.30. The molecule has 0 fully saturated rings. The lowest BCUT2D eigenvalue weighted by Gasteiger charge is -2.31. The van der Waals surface area contributed by atoms with E-state index in [2.05, 4.69) is 12.2 Å². The van der Waals surface area contributed by atoms with Crippen LogP contribution in [0.3, 0.4) is 0 Å². The van der Waals surface area contributed by atoms with Crippen molar-refractivity contribution in [2.45, 2.75) is 52.6 Å². The number of nitrogens with zero attached hydrogens (tertiary/aromatic N) is 1. The summed E-state index contributed by atoms with van der Waals surface area (Å²) in [5.41, 5.74) is 4.24. The predicted molar refractivity (Wildman–Crippen MR) is 140 cm³/mol. The minimum absolute atomic E-state index is 0.136. The first-order valence-electron chi connectivity index (χ1n) is 12.3. The van der Waals surface area contributed by atoms with Crippen molar-refractivity contribution in [3.8, 4) is 5.75 Å². The quantitative estimate of drug-likeness (QED) is 0.367. The Morgan fingerprint density at radius 1 is 0.886 bits per heavy atom. The van der Waals surface area contributed by atoms with Crippen molar-refractivity contribution in [2.75, 3.05) is 13.2 Å². The molecule has 3 aromatic rings. The monoisotopic (exact) mass is 472 g/mol. The number of nitrogens with one attached hydrogen (secondary N) is 1. The van der Waals surface area contributed by atoms with Crippen LogP contribution in [0.5, 0.6) is 5.75 Å². The Bertz CT molecular complexity index is 1080. The predicted octanol–water partition coefficient (Wildman–Crippen LogP) is 5.24. The number of benzene rings is 3. The lowest BCUT2D eigenvalue weighted by molar-refractivity contribution is -0.142. The number of unbranched alkanes of at least 4 members (excludes halogenated alkanes) is 1. The number of amides is 2. The number of aryl methyl sites for hydroxylation is 2. The minimum Gasteiger partial charge on any atom is -0.484 e. The van der Waals surface area contributed by atoms with Crippen LogP contribution in [0, 0.1) is 13.8 Å². The lowest BCUT2D eigenvalue weighted by atomic mass is 10.0. The van der Waals surface area contributed by atoms with Crippen LogP contribution in [-0.4, -0.2) is 35.9 Å². The fourth-order valence-electron chi connectivity index (χ4n) is 3.87. The second-order valence-corrected chi connectivity index (χ2v) is 8.89. The minimum atomic E-state index is -0.648. The van der Waals surface area contributed by atoms with E-state index in [-0.39, 0.29) is 18.4 Å². The zero-order valence-electron chi connectivity index (χ0n) is 21.0. The van der Waals surface area contributed by atoms with Gasteiger partial charge in [0.1, 0.15) is 11.8 Å². The molecular formula is C30H36N2O3. The smallest absolute Gasteiger partial charge is 0.261 e. The van der Waals surface area contributed by atoms with Gasteiger partial charge in [-0.1, -0.05) is 80.1 Å². The van der Waals surface area contributed by atoms with Crippen LogP contribution in [0.2, 0.25) is 0 Å².